The van der Waals surface area contributed by atoms with E-state index in [1.54, 1.807) is 42.5 Å². The molecule has 1 amide bonds. The Bertz CT molecular complexity index is 1040. The van der Waals surface area contributed by atoms with E-state index in [4.69, 9.17) is 37.8 Å². The summed E-state index contributed by atoms with van der Waals surface area (Å²) in [5, 5.41) is 12.7. The highest BCUT2D eigenvalue weighted by atomic mass is 35.5. The van der Waals surface area contributed by atoms with Gasteiger partial charge < -0.3 is 19.9 Å². The molecular weight excluding hydrogens is 439 g/mol. The highest BCUT2D eigenvalue weighted by molar-refractivity contribution is 8.18. The quantitative estimate of drug-likeness (QED) is 0.631. The molecule has 10 heteroatoms. The lowest BCUT2D eigenvalue weighted by atomic mass is 10.2. The van der Waals surface area contributed by atoms with Crippen LogP contribution in [0.4, 0.5) is 5.69 Å². The molecule has 3 rings (SSSR count). The van der Waals surface area contributed by atoms with E-state index >= 15 is 0 Å². The second-order valence-corrected chi connectivity index (χ2v) is 7.54. The summed E-state index contributed by atoms with van der Waals surface area (Å²) in [5.41, 5.74) is 1.12. The van der Waals surface area contributed by atoms with E-state index in [0.717, 1.165) is 11.8 Å². The summed E-state index contributed by atoms with van der Waals surface area (Å²) >= 11 is 13.2. The number of nitrogens with zero attached hydrogens (tertiary/aromatic N) is 1. The third-order valence-corrected chi connectivity index (χ3v) is 5.08. The summed E-state index contributed by atoms with van der Waals surface area (Å²) in [5.74, 6) is -0.761. The van der Waals surface area contributed by atoms with E-state index in [-0.39, 0.29) is 5.91 Å². The van der Waals surface area contributed by atoms with Crippen LogP contribution in [0.2, 0.25) is 10.0 Å². The van der Waals surface area contributed by atoms with Crippen molar-refractivity contribution in [3.05, 3.63) is 56.9 Å². The predicted molar refractivity (Wildman–Crippen MR) is 113 cm³/mol. The molecule has 0 aliphatic carbocycles. The molecule has 1 aliphatic heterocycles. The van der Waals surface area contributed by atoms with Crippen molar-refractivity contribution < 1.29 is 24.2 Å². The number of carbonyl (C=O) groups excluding carboxylic acids is 1. The van der Waals surface area contributed by atoms with Gasteiger partial charge >= 0.3 is 5.97 Å². The maximum Gasteiger partial charge on any atom is 0.341 e. The standard InChI is InChI=1S/C19H14Cl2N2O5S/c1-27-15-6-10(2-5-14(15)28-9-17(24)25)7-16-18(26)23-19(29-16)22-13-8-11(20)3-4-12(13)21/h2-8H,9H2,1H3,(H,24,25)(H,22,23,26)/b16-7-. The maximum absolute atomic E-state index is 12.3. The molecule has 0 radical (unpaired) electrons. The van der Waals surface area contributed by atoms with E-state index in [1.807, 2.05) is 0 Å². The van der Waals surface area contributed by atoms with Gasteiger partial charge in [0.25, 0.3) is 5.91 Å². The number of thioether (sulfide) groups is 1. The van der Waals surface area contributed by atoms with Crippen molar-refractivity contribution in [2.24, 2.45) is 4.99 Å². The van der Waals surface area contributed by atoms with Crippen molar-refractivity contribution in [1.29, 1.82) is 0 Å². The number of rotatable bonds is 6. The molecule has 0 spiro atoms. The first-order valence-corrected chi connectivity index (χ1v) is 9.70. The Morgan fingerprint density at radius 2 is 2.03 bits per heavy atom. The van der Waals surface area contributed by atoms with Crippen molar-refractivity contribution in [2.75, 3.05) is 13.7 Å². The van der Waals surface area contributed by atoms with Gasteiger partial charge in [-0.25, -0.2) is 9.79 Å². The first-order chi connectivity index (χ1) is 13.9. The number of hydrogen-bond acceptors (Lipinski definition) is 6. The molecule has 0 unspecified atom stereocenters. The van der Waals surface area contributed by atoms with Gasteiger partial charge in [0.1, 0.15) is 0 Å². The Hall–Kier alpha value is -2.68. The first kappa shape index (κ1) is 21.0. The minimum absolute atomic E-state index is 0.290. The van der Waals surface area contributed by atoms with Gasteiger partial charge in [0.2, 0.25) is 0 Å². The highest BCUT2D eigenvalue weighted by Gasteiger charge is 2.24. The smallest absolute Gasteiger partial charge is 0.341 e. The average Bonchev–Trinajstić information content (AvgIpc) is 3.02. The van der Waals surface area contributed by atoms with Gasteiger partial charge in [-0.05, 0) is 53.7 Å². The lowest BCUT2D eigenvalue weighted by Crippen LogP contribution is -2.19. The fourth-order valence-corrected chi connectivity index (χ4v) is 3.51. The molecule has 150 valence electrons. The van der Waals surface area contributed by atoms with Crippen LogP contribution in [0.25, 0.3) is 6.08 Å². The lowest BCUT2D eigenvalue weighted by molar-refractivity contribution is -0.139. The molecule has 1 saturated heterocycles. The number of benzene rings is 2. The third kappa shape index (κ3) is 5.44. The minimum atomic E-state index is -1.09. The van der Waals surface area contributed by atoms with E-state index in [9.17, 15) is 9.59 Å². The average molecular weight is 453 g/mol. The van der Waals surface area contributed by atoms with Crippen molar-refractivity contribution in [3.63, 3.8) is 0 Å². The molecule has 2 N–H and O–H groups in total. The van der Waals surface area contributed by atoms with Crippen LogP contribution in [0.15, 0.2) is 46.3 Å². The summed E-state index contributed by atoms with van der Waals surface area (Å²) < 4.78 is 10.4. The number of ether oxygens (including phenoxy) is 2. The van der Waals surface area contributed by atoms with Crippen molar-refractivity contribution in [3.8, 4) is 11.5 Å². The number of aliphatic carboxylic acids is 1. The molecule has 0 saturated carbocycles. The number of aliphatic imine (C=N–C) groups is 1. The molecule has 1 fully saturated rings. The molecular formula is C19H14Cl2N2O5S. The van der Waals surface area contributed by atoms with Crippen molar-refractivity contribution >= 4 is 63.8 Å². The molecule has 2 aromatic carbocycles. The summed E-state index contributed by atoms with van der Waals surface area (Å²) in [7, 11) is 1.44. The van der Waals surface area contributed by atoms with Gasteiger partial charge in [-0.2, -0.15) is 0 Å². The summed E-state index contributed by atoms with van der Waals surface area (Å²) in [6.07, 6.45) is 1.66. The normalized spacial score (nSPS) is 16.2. The van der Waals surface area contributed by atoms with Crippen LogP contribution in [0.1, 0.15) is 5.56 Å². The summed E-state index contributed by atoms with van der Waals surface area (Å²) in [4.78, 5) is 27.7. The monoisotopic (exact) mass is 452 g/mol. The summed E-state index contributed by atoms with van der Waals surface area (Å²) in [6.45, 7) is -0.485. The third-order valence-electron chi connectivity index (χ3n) is 3.62. The van der Waals surface area contributed by atoms with Gasteiger partial charge in [-0.1, -0.05) is 29.3 Å². The number of amidine groups is 1. The Balaban J connectivity index is 1.82. The Morgan fingerprint density at radius 1 is 1.24 bits per heavy atom. The molecule has 7 nitrogen and oxygen atoms in total. The topological polar surface area (TPSA) is 97.2 Å². The van der Waals surface area contributed by atoms with Crippen molar-refractivity contribution in [2.45, 2.75) is 0 Å². The number of halogens is 2. The second kappa shape index (κ2) is 9.21. The molecule has 0 aromatic heterocycles. The van der Waals surface area contributed by atoms with Crippen LogP contribution in [-0.4, -0.2) is 35.9 Å². The number of amides is 1. The van der Waals surface area contributed by atoms with E-state index in [0.29, 0.717) is 42.9 Å². The van der Waals surface area contributed by atoms with E-state index in [2.05, 4.69) is 10.3 Å². The predicted octanol–water partition coefficient (Wildman–Crippen LogP) is 4.36. The number of hydrogen-bond donors (Lipinski definition) is 2. The zero-order chi connectivity index (χ0) is 21.0. The fourth-order valence-electron chi connectivity index (χ4n) is 2.35. The van der Waals surface area contributed by atoms with Crippen LogP contribution in [0.3, 0.4) is 0 Å². The molecule has 1 heterocycles. The minimum Gasteiger partial charge on any atom is -0.493 e. The van der Waals surface area contributed by atoms with Gasteiger partial charge in [-0.15, -0.1) is 0 Å². The number of carboxylic acids is 1. The van der Waals surface area contributed by atoms with E-state index < -0.39 is 12.6 Å². The number of methoxy groups -OCH3 is 1. The molecule has 0 bridgehead atoms. The van der Waals surface area contributed by atoms with Gasteiger partial charge in [0.05, 0.1) is 22.7 Å². The van der Waals surface area contributed by atoms with Crippen LogP contribution in [-0.2, 0) is 9.59 Å². The Morgan fingerprint density at radius 3 is 2.76 bits per heavy atom. The summed E-state index contributed by atoms with van der Waals surface area (Å²) in [6, 6.07) is 9.78. The lowest BCUT2D eigenvalue weighted by Gasteiger charge is -2.09. The zero-order valence-corrected chi connectivity index (χ0v) is 17.3. The molecule has 0 atom stereocenters. The maximum atomic E-state index is 12.3. The fraction of sp³-hybridized carbons (Fsp3) is 0.105. The highest BCUT2D eigenvalue weighted by Crippen LogP contribution is 2.34. The molecule has 2 aromatic rings. The molecule has 1 aliphatic rings. The second-order valence-electron chi connectivity index (χ2n) is 5.67. The van der Waals surface area contributed by atoms with Gasteiger partial charge in [0, 0.05) is 5.02 Å². The SMILES string of the molecule is COc1cc(/C=C2\SC(=Nc3cc(Cl)ccc3Cl)NC2=O)ccc1OCC(=O)O. The van der Waals surface area contributed by atoms with Gasteiger partial charge in [0.15, 0.2) is 23.3 Å². The number of nitrogens with one attached hydrogen (secondary N) is 1. The number of carboxylic acid groups (broad SMARTS) is 1. The molecule has 29 heavy (non-hydrogen) atoms. The Labute approximate surface area is 180 Å². The first-order valence-electron chi connectivity index (χ1n) is 8.13. The zero-order valence-electron chi connectivity index (χ0n) is 14.9. The Kier molecular flexibility index (Phi) is 6.68. The van der Waals surface area contributed by atoms with Crippen LogP contribution < -0.4 is 14.8 Å². The van der Waals surface area contributed by atoms with Crippen LogP contribution >= 0.6 is 35.0 Å². The van der Waals surface area contributed by atoms with Crippen LogP contribution in [0.5, 0.6) is 11.5 Å². The van der Waals surface area contributed by atoms with E-state index in [1.165, 1.54) is 7.11 Å². The number of carbonyl (C=O) groups is 2. The largest absolute Gasteiger partial charge is 0.493 e. The van der Waals surface area contributed by atoms with Crippen LogP contribution in [0, 0.1) is 0 Å². The van der Waals surface area contributed by atoms with Crippen molar-refractivity contribution in [1.82, 2.24) is 5.32 Å². The van der Waals surface area contributed by atoms with Gasteiger partial charge in [-0.3, -0.25) is 4.79 Å².